The summed E-state index contributed by atoms with van der Waals surface area (Å²) in [6.45, 7) is 1.68. The number of aromatic nitrogens is 4. The third-order valence-electron chi connectivity index (χ3n) is 4.58. The van der Waals surface area contributed by atoms with Crippen LogP contribution >= 0.6 is 11.6 Å². The molecule has 0 unspecified atom stereocenters. The van der Waals surface area contributed by atoms with Crippen LogP contribution in [-0.4, -0.2) is 34.5 Å². The van der Waals surface area contributed by atoms with Crippen LogP contribution in [0, 0.1) is 6.92 Å². The van der Waals surface area contributed by atoms with Crippen molar-refractivity contribution >= 4 is 38.9 Å². The van der Waals surface area contributed by atoms with Gasteiger partial charge in [-0.3, -0.25) is 9.52 Å². The van der Waals surface area contributed by atoms with Crippen LogP contribution < -0.4 is 10.0 Å². The molecule has 0 atom stereocenters. The molecule has 0 saturated heterocycles. The highest BCUT2D eigenvalue weighted by Crippen LogP contribution is 2.24. The molecule has 4 rings (SSSR count). The van der Waals surface area contributed by atoms with Gasteiger partial charge in [0.05, 0.1) is 10.6 Å². The van der Waals surface area contributed by atoms with Crippen molar-refractivity contribution in [3.8, 4) is 5.69 Å². The minimum Gasteiger partial charge on any atom is -0.322 e. The Labute approximate surface area is 189 Å². The molecule has 32 heavy (non-hydrogen) atoms. The monoisotopic (exact) mass is 468 g/mol. The Kier molecular flexibility index (Phi) is 5.89. The Hall–Kier alpha value is -3.76. The molecule has 11 heteroatoms. The topological polar surface area (TPSA) is 119 Å². The number of hydrogen-bond acceptors (Lipinski definition) is 6. The van der Waals surface area contributed by atoms with E-state index in [1.165, 1.54) is 17.1 Å². The Balaban J connectivity index is 1.53. The molecular formula is C21H17ClN6O3S. The standard InChI is InChI=1S/C21H17ClN6O3S/c1-14-2-7-18(12-20(14)32(30,31)25-17-8-5-16(22)6-9-17)24-21(29)15-3-10-19(11-4-15)28-13-23-26-27-28/h2-13,25H,1H3,(H,24,29). The molecular weight excluding hydrogens is 452 g/mol. The molecule has 0 bridgehead atoms. The average molecular weight is 469 g/mol. The molecule has 0 fully saturated rings. The van der Waals surface area contributed by atoms with Crippen LogP contribution in [0.3, 0.4) is 0 Å². The molecule has 1 amide bonds. The quantitative estimate of drug-likeness (QED) is 0.445. The van der Waals surface area contributed by atoms with Gasteiger partial charge in [0.25, 0.3) is 15.9 Å². The highest BCUT2D eigenvalue weighted by Gasteiger charge is 2.18. The molecule has 162 valence electrons. The largest absolute Gasteiger partial charge is 0.322 e. The molecule has 1 aromatic heterocycles. The number of halogens is 1. The number of tetrazole rings is 1. The molecule has 0 saturated carbocycles. The molecule has 2 N–H and O–H groups in total. The predicted octanol–water partition coefficient (Wildman–Crippen LogP) is 3.68. The smallest absolute Gasteiger partial charge is 0.262 e. The van der Waals surface area contributed by atoms with Crippen molar-refractivity contribution in [1.82, 2.24) is 20.2 Å². The summed E-state index contributed by atoms with van der Waals surface area (Å²) in [7, 11) is -3.88. The van der Waals surface area contributed by atoms with E-state index in [0.29, 0.717) is 33.2 Å². The van der Waals surface area contributed by atoms with Gasteiger partial charge in [0, 0.05) is 22.0 Å². The fraction of sp³-hybridized carbons (Fsp3) is 0.0476. The van der Waals surface area contributed by atoms with E-state index in [1.807, 2.05) is 0 Å². The summed E-state index contributed by atoms with van der Waals surface area (Å²) in [5.74, 6) is -0.383. The van der Waals surface area contributed by atoms with Gasteiger partial charge < -0.3 is 5.32 Å². The van der Waals surface area contributed by atoms with E-state index in [4.69, 9.17) is 11.6 Å². The SMILES string of the molecule is Cc1ccc(NC(=O)c2ccc(-n3cnnn3)cc2)cc1S(=O)(=O)Nc1ccc(Cl)cc1. The molecule has 0 aliphatic rings. The number of amides is 1. The molecule has 0 radical (unpaired) electrons. The van der Waals surface area contributed by atoms with E-state index < -0.39 is 10.0 Å². The summed E-state index contributed by atoms with van der Waals surface area (Å²) in [6, 6.07) is 17.7. The van der Waals surface area contributed by atoms with Crippen molar-refractivity contribution in [2.45, 2.75) is 11.8 Å². The lowest BCUT2D eigenvalue weighted by Crippen LogP contribution is -2.16. The zero-order chi connectivity index (χ0) is 22.7. The minimum absolute atomic E-state index is 0.0549. The molecule has 1 heterocycles. The van der Waals surface area contributed by atoms with Gasteiger partial charge in [-0.05, 0) is 83.6 Å². The highest BCUT2D eigenvalue weighted by molar-refractivity contribution is 7.92. The van der Waals surface area contributed by atoms with Crippen LogP contribution in [0.25, 0.3) is 5.69 Å². The van der Waals surface area contributed by atoms with E-state index >= 15 is 0 Å². The second kappa shape index (κ2) is 8.77. The van der Waals surface area contributed by atoms with Gasteiger partial charge >= 0.3 is 0 Å². The fourth-order valence-corrected chi connectivity index (χ4v) is 4.40. The Bertz CT molecular complexity index is 1360. The number of nitrogens with one attached hydrogen (secondary N) is 2. The number of rotatable bonds is 6. The van der Waals surface area contributed by atoms with E-state index in [9.17, 15) is 13.2 Å². The maximum atomic E-state index is 12.9. The molecule has 0 aliphatic heterocycles. The summed E-state index contributed by atoms with van der Waals surface area (Å²) in [4.78, 5) is 12.7. The zero-order valence-electron chi connectivity index (χ0n) is 16.7. The number of hydrogen-bond donors (Lipinski definition) is 2. The molecule has 3 aromatic carbocycles. The maximum Gasteiger partial charge on any atom is 0.262 e. The minimum atomic E-state index is -3.88. The van der Waals surface area contributed by atoms with Gasteiger partial charge in [-0.1, -0.05) is 17.7 Å². The van der Waals surface area contributed by atoms with Crippen molar-refractivity contribution in [1.29, 1.82) is 0 Å². The lowest BCUT2D eigenvalue weighted by Gasteiger charge is -2.13. The average Bonchev–Trinajstić information content (AvgIpc) is 3.31. The molecule has 4 aromatic rings. The van der Waals surface area contributed by atoms with Crippen LogP contribution in [0.1, 0.15) is 15.9 Å². The van der Waals surface area contributed by atoms with Crippen molar-refractivity contribution in [2.24, 2.45) is 0 Å². The van der Waals surface area contributed by atoms with Gasteiger partial charge in [-0.2, -0.15) is 0 Å². The summed E-state index contributed by atoms with van der Waals surface area (Å²) >= 11 is 5.85. The van der Waals surface area contributed by atoms with Crippen LogP contribution in [0.15, 0.2) is 78.0 Å². The van der Waals surface area contributed by atoms with Gasteiger partial charge in [0.1, 0.15) is 6.33 Å². The number of carbonyl (C=O) groups is 1. The number of nitrogens with zero attached hydrogens (tertiary/aromatic N) is 4. The van der Waals surface area contributed by atoms with Crippen LogP contribution in [0.2, 0.25) is 5.02 Å². The number of sulfonamides is 1. The number of benzene rings is 3. The first-order chi connectivity index (χ1) is 15.3. The van der Waals surface area contributed by atoms with Crippen molar-refractivity contribution in [3.05, 3.63) is 89.2 Å². The van der Waals surface area contributed by atoms with Gasteiger partial charge in [0.2, 0.25) is 0 Å². The van der Waals surface area contributed by atoms with E-state index in [1.54, 1.807) is 67.6 Å². The summed E-state index contributed by atoms with van der Waals surface area (Å²) in [6.07, 6.45) is 1.45. The Morgan fingerprint density at radius 3 is 2.31 bits per heavy atom. The fourth-order valence-electron chi connectivity index (χ4n) is 2.94. The van der Waals surface area contributed by atoms with E-state index in [2.05, 4.69) is 25.6 Å². The Morgan fingerprint density at radius 2 is 1.66 bits per heavy atom. The number of carbonyl (C=O) groups excluding carboxylic acids is 1. The highest BCUT2D eigenvalue weighted by atomic mass is 35.5. The first-order valence-corrected chi connectivity index (χ1v) is 11.2. The number of aryl methyl sites for hydroxylation is 1. The summed E-state index contributed by atoms with van der Waals surface area (Å²) < 4.78 is 29.8. The first-order valence-electron chi connectivity index (χ1n) is 9.36. The lowest BCUT2D eigenvalue weighted by atomic mass is 10.1. The lowest BCUT2D eigenvalue weighted by molar-refractivity contribution is 0.102. The van der Waals surface area contributed by atoms with Crippen molar-refractivity contribution in [2.75, 3.05) is 10.0 Å². The summed E-state index contributed by atoms with van der Waals surface area (Å²) in [5.41, 5.74) is 2.36. The van der Waals surface area contributed by atoms with Crippen LogP contribution in [0.5, 0.6) is 0 Å². The van der Waals surface area contributed by atoms with Crippen LogP contribution in [0.4, 0.5) is 11.4 Å². The second-order valence-electron chi connectivity index (χ2n) is 6.85. The zero-order valence-corrected chi connectivity index (χ0v) is 18.3. The Morgan fingerprint density at radius 1 is 0.969 bits per heavy atom. The van der Waals surface area contributed by atoms with Gasteiger partial charge in [-0.15, -0.1) is 5.10 Å². The number of anilines is 2. The van der Waals surface area contributed by atoms with E-state index in [0.717, 1.165) is 0 Å². The van der Waals surface area contributed by atoms with Crippen LogP contribution in [-0.2, 0) is 10.0 Å². The molecule has 9 nitrogen and oxygen atoms in total. The summed E-state index contributed by atoms with van der Waals surface area (Å²) in [5, 5.41) is 14.2. The first kappa shape index (κ1) is 21.5. The molecule has 0 aliphatic carbocycles. The maximum absolute atomic E-state index is 12.9. The third-order valence-corrected chi connectivity index (χ3v) is 6.35. The van der Waals surface area contributed by atoms with Gasteiger partial charge in [0.15, 0.2) is 0 Å². The van der Waals surface area contributed by atoms with E-state index in [-0.39, 0.29) is 10.8 Å². The third kappa shape index (κ3) is 4.76. The predicted molar refractivity (Wildman–Crippen MR) is 121 cm³/mol. The normalized spacial score (nSPS) is 11.2. The molecule has 0 spiro atoms. The second-order valence-corrected chi connectivity index (χ2v) is 8.94. The van der Waals surface area contributed by atoms with Gasteiger partial charge in [-0.25, -0.2) is 13.1 Å². The van der Waals surface area contributed by atoms with Crippen molar-refractivity contribution in [3.63, 3.8) is 0 Å². The van der Waals surface area contributed by atoms with Crippen molar-refractivity contribution < 1.29 is 13.2 Å².